The molecule has 0 heterocycles. The molecule has 0 aliphatic heterocycles. The van der Waals surface area contributed by atoms with Crippen molar-refractivity contribution in [2.75, 3.05) is 0 Å². The molecule has 0 saturated carbocycles. The minimum atomic E-state index is -0.421. The van der Waals surface area contributed by atoms with Crippen LogP contribution in [-0.2, 0) is 13.1 Å². The molecule has 0 radical (unpaired) electrons. The molecular weight excluding hydrogens is 334 g/mol. The summed E-state index contributed by atoms with van der Waals surface area (Å²) >= 11 is 3.34. The molecule has 0 atom stereocenters. The second-order valence-corrected chi connectivity index (χ2v) is 5.30. The van der Waals surface area contributed by atoms with Crippen LogP contribution in [0.4, 0.5) is 5.69 Å². The minimum absolute atomic E-state index is 0.0624. The topological polar surface area (TPSA) is 79.0 Å². The maximum atomic E-state index is 10.7. The molecule has 0 bridgehead atoms. The van der Waals surface area contributed by atoms with Gasteiger partial charge in [-0.05, 0) is 29.3 Å². The number of nitrogens with one attached hydrogen (secondary N) is 1. The van der Waals surface area contributed by atoms with E-state index in [9.17, 15) is 10.1 Å². The first-order valence-corrected chi connectivity index (χ1v) is 7.02. The van der Waals surface area contributed by atoms with Gasteiger partial charge >= 0.3 is 0 Å². The summed E-state index contributed by atoms with van der Waals surface area (Å²) in [6, 6.07) is 14.2. The van der Waals surface area contributed by atoms with Crippen molar-refractivity contribution in [2.24, 2.45) is 0 Å². The summed E-state index contributed by atoms with van der Waals surface area (Å²) in [5.74, 6) is 0. The zero-order chi connectivity index (χ0) is 15.2. The van der Waals surface area contributed by atoms with Gasteiger partial charge in [-0.1, -0.05) is 28.1 Å². The van der Waals surface area contributed by atoms with Gasteiger partial charge in [0.15, 0.2) is 0 Å². The molecule has 21 heavy (non-hydrogen) atoms. The normalized spacial score (nSPS) is 10.1. The SMILES string of the molecule is N#Cc1cccc(CNCc2ccc([N+](=O)[O-])cc2Br)c1. The van der Waals surface area contributed by atoms with Gasteiger partial charge in [0.05, 0.1) is 16.6 Å². The number of benzene rings is 2. The molecule has 0 spiro atoms. The van der Waals surface area contributed by atoms with Crippen molar-refractivity contribution >= 4 is 21.6 Å². The number of non-ortho nitro benzene ring substituents is 1. The highest BCUT2D eigenvalue weighted by atomic mass is 79.9. The van der Waals surface area contributed by atoms with Crippen LogP contribution in [0.25, 0.3) is 0 Å². The van der Waals surface area contributed by atoms with Gasteiger partial charge in [0.25, 0.3) is 5.69 Å². The molecular formula is C15H12BrN3O2. The predicted octanol–water partition coefficient (Wildman–Crippen LogP) is 3.52. The van der Waals surface area contributed by atoms with E-state index in [4.69, 9.17) is 5.26 Å². The Morgan fingerprint density at radius 1 is 1.24 bits per heavy atom. The van der Waals surface area contributed by atoms with Crippen LogP contribution in [0.1, 0.15) is 16.7 Å². The molecule has 1 N–H and O–H groups in total. The number of nitriles is 1. The van der Waals surface area contributed by atoms with E-state index in [0.717, 1.165) is 11.1 Å². The van der Waals surface area contributed by atoms with E-state index >= 15 is 0 Å². The Morgan fingerprint density at radius 2 is 2.05 bits per heavy atom. The first-order valence-electron chi connectivity index (χ1n) is 6.22. The summed E-state index contributed by atoms with van der Waals surface area (Å²) in [4.78, 5) is 10.2. The number of hydrogen-bond donors (Lipinski definition) is 1. The van der Waals surface area contributed by atoms with Gasteiger partial charge in [0.1, 0.15) is 0 Å². The predicted molar refractivity (Wildman–Crippen MR) is 82.5 cm³/mol. The second-order valence-electron chi connectivity index (χ2n) is 4.45. The van der Waals surface area contributed by atoms with E-state index in [0.29, 0.717) is 23.1 Å². The van der Waals surface area contributed by atoms with E-state index in [1.165, 1.54) is 12.1 Å². The number of hydrogen-bond acceptors (Lipinski definition) is 4. The summed E-state index contributed by atoms with van der Waals surface area (Å²) in [6.07, 6.45) is 0. The molecule has 0 aliphatic rings. The molecule has 106 valence electrons. The minimum Gasteiger partial charge on any atom is -0.309 e. The summed E-state index contributed by atoms with van der Waals surface area (Å²) in [5.41, 5.74) is 2.65. The van der Waals surface area contributed by atoms with Crippen LogP contribution in [0.2, 0.25) is 0 Å². The fourth-order valence-corrected chi connectivity index (χ4v) is 2.39. The lowest BCUT2D eigenvalue weighted by Crippen LogP contribution is -2.13. The molecule has 0 saturated heterocycles. The lowest BCUT2D eigenvalue weighted by Gasteiger charge is -2.07. The monoisotopic (exact) mass is 345 g/mol. The second kappa shape index (κ2) is 6.97. The molecule has 0 amide bonds. The van der Waals surface area contributed by atoms with Crippen molar-refractivity contribution in [1.82, 2.24) is 5.32 Å². The van der Waals surface area contributed by atoms with Crippen LogP contribution < -0.4 is 5.32 Å². The number of nitrogens with zero attached hydrogens (tertiary/aromatic N) is 2. The van der Waals surface area contributed by atoms with Gasteiger partial charge in [0.2, 0.25) is 0 Å². The summed E-state index contributed by atoms with van der Waals surface area (Å²) < 4.78 is 0.704. The maximum Gasteiger partial charge on any atom is 0.270 e. The Morgan fingerprint density at radius 3 is 2.71 bits per heavy atom. The van der Waals surface area contributed by atoms with E-state index < -0.39 is 4.92 Å². The van der Waals surface area contributed by atoms with Crippen molar-refractivity contribution in [3.63, 3.8) is 0 Å². The van der Waals surface area contributed by atoms with Gasteiger partial charge in [-0.25, -0.2) is 0 Å². The molecule has 0 unspecified atom stereocenters. The summed E-state index contributed by atoms with van der Waals surface area (Å²) in [6.45, 7) is 1.20. The summed E-state index contributed by atoms with van der Waals surface area (Å²) in [7, 11) is 0. The number of nitro groups is 1. The molecule has 0 aromatic heterocycles. The molecule has 0 fully saturated rings. The third-order valence-corrected chi connectivity index (χ3v) is 3.69. The zero-order valence-electron chi connectivity index (χ0n) is 11.0. The number of nitro benzene ring substituents is 1. The van der Waals surface area contributed by atoms with Gasteiger partial charge in [-0.3, -0.25) is 10.1 Å². The van der Waals surface area contributed by atoms with Crippen LogP contribution in [0, 0.1) is 21.4 Å². The first kappa shape index (κ1) is 15.2. The Bertz CT molecular complexity index is 710. The van der Waals surface area contributed by atoms with Crippen LogP contribution in [-0.4, -0.2) is 4.92 Å². The Hall–Kier alpha value is -2.23. The van der Waals surface area contributed by atoms with Crippen LogP contribution in [0.15, 0.2) is 46.9 Å². The van der Waals surface area contributed by atoms with Crippen molar-refractivity contribution in [1.29, 1.82) is 5.26 Å². The van der Waals surface area contributed by atoms with Gasteiger partial charge in [-0.2, -0.15) is 5.26 Å². The smallest absolute Gasteiger partial charge is 0.270 e. The zero-order valence-corrected chi connectivity index (χ0v) is 12.6. The van der Waals surface area contributed by atoms with Crippen LogP contribution >= 0.6 is 15.9 Å². The molecule has 6 heteroatoms. The number of halogens is 1. The number of rotatable bonds is 5. The first-order chi connectivity index (χ1) is 10.1. The van der Waals surface area contributed by atoms with E-state index in [1.807, 2.05) is 18.2 Å². The highest BCUT2D eigenvalue weighted by Crippen LogP contribution is 2.22. The highest BCUT2D eigenvalue weighted by molar-refractivity contribution is 9.10. The van der Waals surface area contributed by atoms with Crippen molar-refractivity contribution in [2.45, 2.75) is 13.1 Å². The average molecular weight is 346 g/mol. The molecule has 2 aromatic carbocycles. The van der Waals surface area contributed by atoms with Crippen molar-refractivity contribution in [3.8, 4) is 6.07 Å². The molecule has 2 rings (SSSR count). The Labute approximate surface area is 130 Å². The fraction of sp³-hybridized carbons (Fsp3) is 0.133. The highest BCUT2D eigenvalue weighted by Gasteiger charge is 2.08. The molecule has 0 aliphatic carbocycles. The van der Waals surface area contributed by atoms with Gasteiger partial charge in [-0.15, -0.1) is 0 Å². The van der Waals surface area contributed by atoms with Crippen molar-refractivity contribution in [3.05, 3.63) is 73.7 Å². The van der Waals surface area contributed by atoms with E-state index in [-0.39, 0.29) is 5.69 Å². The Balaban J connectivity index is 1.97. The van der Waals surface area contributed by atoms with Crippen LogP contribution in [0.3, 0.4) is 0 Å². The fourth-order valence-electron chi connectivity index (χ4n) is 1.89. The van der Waals surface area contributed by atoms with Crippen LogP contribution in [0.5, 0.6) is 0 Å². The average Bonchev–Trinajstić information content (AvgIpc) is 2.49. The van der Waals surface area contributed by atoms with Gasteiger partial charge in [0, 0.05) is 29.7 Å². The third kappa shape index (κ3) is 4.12. The lowest BCUT2D eigenvalue weighted by molar-refractivity contribution is -0.384. The quantitative estimate of drug-likeness (QED) is 0.664. The molecule has 5 nitrogen and oxygen atoms in total. The lowest BCUT2D eigenvalue weighted by atomic mass is 10.1. The third-order valence-electron chi connectivity index (χ3n) is 2.95. The van der Waals surface area contributed by atoms with Gasteiger partial charge < -0.3 is 5.32 Å². The summed E-state index contributed by atoms with van der Waals surface area (Å²) in [5, 5.41) is 22.8. The van der Waals surface area contributed by atoms with E-state index in [2.05, 4.69) is 27.3 Å². The largest absolute Gasteiger partial charge is 0.309 e. The van der Waals surface area contributed by atoms with E-state index in [1.54, 1.807) is 12.1 Å². The maximum absolute atomic E-state index is 10.7. The van der Waals surface area contributed by atoms with Crippen molar-refractivity contribution < 1.29 is 4.92 Å². The Kier molecular flexibility index (Phi) is 5.04. The standard InChI is InChI=1S/C15H12BrN3O2/c16-15-7-14(19(20)21)5-4-13(15)10-18-9-12-3-1-2-11(6-12)8-17/h1-7,18H,9-10H2. The molecule has 2 aromatic rings.